The number of carbonyl (C=O) groups is 1. The van der Waals surface area contributed by atoms with Gasteiger partial charge >= 0.3 is 0 Å². The van der Waals surface area contributed by atoms with Gasteiger partial charge in [0.15, 0.2) is 5.82 Å². The standard InChI is InChI=1S/C16H22N6O/c1-2-22-15(18-19-20-22)13-6-5-7-14(12-13)16(23)17-8-11-21-9-3-4-10-21/h5-7,12H,2-4,8-11H2,1H3,(H,17,23). The smallest absolute Gasteiger partial charge is 0.251 e. The van der Waals surface area contributed by atoms with Crippen molar-refractivity contribution in [3.8, 4) is 11.4 Å². The zero-order valence-electron chi connectivity index (χ0n) is 13.4. The van der Waals surface area contributed by atoms with Crippen molar-refractivity contribution in [3.05, 3.63) is 29.8 Å². The predicted octanol–water partition coefficient (Wildman–Crippen LogP) is 1.19. The lowest BCUT2D eigenvalue weighted by Gasteiger charge is -2.14. The van der Waals surface area contributed by atoms with Crippen LogP contribution >= 0.6 is 0 Å². The van der Waals surface area contributed by atoms with Crippen molar-refractivity contribution < 1.29 is 4.79 Å². The average Bonchev–Trinajstić information content (AvgIpc) is 3.26. The number of aryl methyl sites for hydroxylation is 1. The lowest BCUT2D eigenvalue weighted by Crippen LogP contribution is -2.33. The number of benzene rings is 1. The minimum absolute atomic E-state index is 0.0541. The van der Waals surface area contributed by atoms with Crippen LogP contribution in [0.4, 0.5) is 0 Å². The van der Waals surface area contributed by atoms with E-state index in [-0.39, 0.29) is 5.91 Å². The molecule has 2 aromatic rings. The summed E-state index contributed by atoms with van der Waals surface area (Å²) in [6.45, 7) is 6.55. The summed E-state index contributed by atoms with van der Waals surface area (Å²) in [5, 5.41) is 14.6. The van der Waals surface area contributed by atoms with Crippen LogP contribution in [-0.2, 0) is 6.54 Å². The number of amides is 1. The highest BCUT2D eigenvalue weighted by molar-refractivity contribution is 5.95. The average molecular weight is 314 g/mol. The monoisotopic (exact) mass is 314 g/mol. The largest absolute Gasteiger partial charge is 0.351 e. The van der Waals surface area contributed by atoms with Gasteiger partial charge in [-0.15, -0.1) is 5.10 Å². The summed E-state index contributed by atoms with van der Waals surface area (Å²) in [4.78, 5) is 14.7. The van der Waals surface area contributed by atoms with Gasteiger partial charge in [0.2, 0.25) is 0 Å². The summed E-state index contributed by atoms with van der Waals surface area (Å²) in [7, 11) is 0. The zero-order chi connectivity index (χ0) is 16.1. The van der Waals surface area contributed by atoms with Gasteiger partial charge in [-0.2, -0.15) is 0 Å². The van der Waals surface area contributed by atoms with Gasteiger partial charge in [-0.05, 0) is 55.4 Å². The Morgan fingerprint density at radius 1 is 1.30 bits per heavy atom. The van der Waals surface area contributed by atoms with Crippen LogP contribution in [0.3, 0.4) is 0 Å². The van der Waals surface area contributed by atoms with Crippen LogP contribution in [0.25, 0.3) is 11.4 Å². The Labute approximate surface area is 135 Å². The Hall–Kier alpha value is -2.28. The Bertz CT molecular complexity index is 662. The second-order valence-corrected chi connectivity index (χ2v) is 5.70. The number of likely N-dealkylation sites (tertiary alicyclic amines) is 1. The first-order valence-corrected chi connectivity index (χ1v) is 8.15. The lowest BCUT2D eigenvalue weighted by atomic mass is 10.1. The van der Waals surface area contributed by atoms with Crippen LogP contribution in [-0.4, -0.2) is 57.2 Å². The Balaban J connectivity index is 1.63. The topological polar surface area (TPSA) is 75.9 Å². The van der Waals surface area contributed by atoms with Crippen LogP contribution in [0.5, 0.6) is 0 Å². The van der Waals surface area contributed by atoms with Gasteiger partial charge in [0.25, 0.3) is 5.91 Å². The first-order chi connectivity index (χ1) is 11.3. The molecule has 1 saturated heterocycles. The van der Waals surface area contributed by atoms with Crippen molar-refractivity contribution in [2.24, 2.45) is 0 Å². The molecule has 0 aliphatic carbocycles. The number of aromatic nitrogens is 4. The van der Waals surface area contributed by atoms with Crippen molar-refractivity contribution in [2.45, 2.75) is 26.3 Å². The zero-order valence-corrected chi connectivity index (χ0v) is 13.4. The van der Waals surface area contributed by atoms with E-state index in [9.17, 15) is 4.79 Å². The summed E-state index contributed by atoms with van der Waals surface area (Å²) >= 11 is 0. The van der Waals surface area contributed by atoms with E-state index in [0.717, 1.165) is 25.2 Å². The van der Waals surface area contributed by atoms with Gasteiger partial charge in [-0.1, -0.05) is 12.1 Å². The summed E-state index contributed by atoms with van der Waals surface area (Å²) in [5.74, 6) is 0.626. The van der Waals surface area contributed by atoms with Gasteiger partial charge in [0.1, 0.15) is 0 Å². The Kier molecular flexibility index (Phi) is 4.97. The SMILES string of the molecule is CCn1nnnc1-c1cccc(C(=O)NCCN2CCCC2)c1. The molecule has 0 unspecified atom stereocenters. The minimum atomic E-state index is -0.0541. The minimum Gasteiger partial charge on any atom is -0.351 e. The molecule has 0 atom stereocenters. The van der Waals surface area contributed by atoms with Crippen LogP contribution in [0.2, 0.25) is 0 Å². The van der Waals surface area contributed by atoms with E-state index in [0.29, 0.717) is 24.5 Å². The molecular weight excluding hydrogens is 292 g/mol. The second-order valence-electron chi connectivity index (χ2n) is 5.70. The van der Waals surface area contributed by atoms with E-state index < -0.39 is 0 Å². The molecule has 1 aromatic carbocycles. The van der Waals surface area contributed by atoms with E-state index >= 15 is 0 Å². The summed E-state index contributed by atoms with van der Waals surface area (Å²) in [6, 6.07) is 7.43. The van der Waals surface area contributed by atoms with Crippen LogP contribution in [0.15, 0.2) is 24.3 Å². The van der Waals surface area contributed by atoms with Gasteiger partial charge in [-0.25, -0.2) is 4.68 Å². The molecule has 0 bridgehead atoms. The van der Waals surface area contributed by atoms with Crippen molar-refractivity contribution in [1.29, 1.82) is 0 Å². The van der Waals surface area contributed by atoms with E-state index in [2.05, 4.69) is 25.7 Å². The maximum absolute atomic E-state index is 12.3. The number of hydrogen-bond acceptors (Lipinski definition) is 5. The maximum atomic E-state index is 12.3. The third-order valence-corrected chi connectivity index (χ3v) is 4.13. The fourth-order valence-corrected chi connectivity index (χ4v) is 2.86. The van der Waals surface area contributed by atoms with E-state index in [4.69, 9.17) is 0 Å². The molecule has 0 saturated carbocycles. The molecule has 7 nitrogen and oxygen atoms in total. The highest BCUT2D eigenvalue weighted by atomic mass is 16.1. The summed E-state index contributed by atoms with van der Waals surface area (Å²) in [6.07, 6.45) is 2.53. The molecule has 1 aliphatic heterocycles. The quantitative estimate of drug-likeness (QED) is 0.866. The number of nitrogens with zero attached hydrogens (tertiary/aromatic N) is 5. The first-order valence-electron chi connectivity index (χ1n) is 8.15. The van der Waals surface area contributed by atoms with Crippen molar-refractivity contribution in [2.75, 3.05) is 26.2 Å². The van der Waals surface area contributed by atoms with Crippen LogP contribution in [0.1, 0.15) is 30.1 Å². The number of nitrogens with one attached hydrogen (secondary N) is 1. The number of rotatable bonds is 6. The van der Waals surface area contributed by atoms with Crippen molar-refractivity contribution in [3.63, 3.8) is 0 Å². The summed E-state index contributed by atoms with van der Waals surface area (Å²) in [5.41, 5.74) is 1.48. The Morgan fingerprint density at radius 3 is 2.91 bits per heavy atom. The van der Waals surface area contributed by atoms with Crippen LogP contribution < -0.4 is 5.32 Å². The number of carbonyl (C=O) groups excluding carboxylic acids is 1. The lowest BCUT2D eigenvalue weighted by molar-refractivity contribution is 0.0950. The predicted molar refractivity (Wildman–Crippen MR) is 86.9 cm³/mol. The maximum Gasteiger partial charge on any atom is 0.251 e. The fraction of sp³-hybridized carbons (Fsp3) is 0.500. The molecule has 1 aliphatic rings. The molecule has 122 valence electrons. The fourth-order valence-electron chi connectivity index (χ4n) is 2.86. The normalized spacial score (nSPS) is 15.0. The van der Waals surface area contributed by atoms with Crippen molar-refractivity contribution >= 4 is 5.91 Å². The third kappa shape index (κ3) is 3.73. The number of tetrazole rings is 1. The molecule has 1 N–H and O–H groups in total. The molecular formula is C16H22N6O. The summed E-state index contributed by atoms with van der Waals surface area (Å²) < 4.78 is 1.71. The van der Waals surface area contributed by atoms with Gasteiger partial charge in [0.05, 0.1) is 0 Å². The van der Waals surface area contributed by atoms with E-state index in [1.807, 2.05) is 31.2 Å². The second kappa shape index (κ2) is 7.32. The van der Waals surface area contributed by atoms with Gasteiger partial charge in [-0.3, -0.25) is 4.79 Å². The molecule has 2 heterocycles. The third-order valence-electron chi connectivity index (χ3n) is 4.13. The molecule has 23 heavy (non-hydrogen) atoms. The Morgan fingerprint density at radius 2 is 2.13 bits per heavy atom. The molecule has 1 fully saturated rings. The molecule has 0 radical (unpaired) electrons. The molecule has 3 rings (SSSR count). The highest BCUT2D eigenvalue weighted by Gasteiger charge is 2.13. The highest BCUT2D eigenvalue weighted by Crippen LogP contribution is 2.17. The van der Waals surface area contributed by atoms with Gasteiger partial charge < -0.3 is 10.2 Å². The van der Waals surface area contributed by atoms with E-state index in [1.165, 1.54) is 12.8 Å². The molecule has 1 aromatic heterocycles. The van der Waals surface area contributed by atoms with Crippen molar-refractivity contribution in [1.82, 2.24) is 30.4 Å². The molecule has 1 amide bonds. The van der Waals surface area contributed by atoms with Crippen LogP contribution in [0, 0.1) is 0 Å². The number of hydrogen-bond donors (Lipinski definition) is 1. The first kappa shape index (κ1) is 15.6. The van der Waals surface area contributed by atoms with Gasteiger partial charge in [0, 0.05) is 30.8 Å². The molecule has 7 heteroatoms. The van der Waals surface area contributed by atoms with E-state index in [1.54, 1.807) is 4.68 Å². The molecule has 0 spiro atoms.